The number of benzene rings is 2. The lowest BCUT2D eigenvalue weighted by atomic mass is 10.1. The van der Waals surface area contributed by atoms with Gasteiger partial charge in [-0.2, -0.15) is 0 Å². The van der Waals surface area contributed by atoms with Gasteiger partial charge < -0.3 is 14.2 Å². The van der Waals surface area contributed by atoms with Crippen molar-refractivity contribution in [3.05, 3.63) is 97.1 Å². The average molecular weight is 439 g/mol. The van der Waals surface area contributed by atoms with Crippen molar-refractivity contribution in [2.24, 2.45) is 0 Å². The van der Waals surface area contributed by atoms with E-state index in [0.29, 0.717) is 19.3 Å². The lowest BCUT2D eigenvalue weighted by Crippen LogP contribution is -2.24. The monoisotopic (exact) mass is 438 g/mol. The third kappa shape index (κ3) is 10.6. The van der Waals surface area contributed by atoms with Crippen molar-refractivity contribution < 1.29 is 19.0 Å². The van der Waals surface area contributed by atoms with Crippen molar-refractivity contribution in [2.75, 3.05) is 7.11 Å². The number of rotatable bonds is 10. The molecule has 0 N–H and O–H groups in total. The molecular formula is C28H38O4. The molecule has 0 aliphatic heterocycles. The maximum absolute atomic E-state index is 12.1. The molecule has 0 heterocycles. The van der Waals surface area contributed by atoms with Crippen molar-refractivity contribution in [3.63, 3.8) is 0 Å². The molecule has 0 saturated heterocycles. The molecule has 4 heteroatoms. The van der Waals surface area contributed by atoms with Gasteiger partial charge in [0.2, 0.25) is 0 Å². The van der Waals surface area contributed by atoms with Crippen LogP contribution in [0.5, 0.6) is 0 Å². The van der Waals surface area contributed by atoms with Gasteiger partial charge in [0.15, 0.2) is 6.29 Å². The van der Waals surface area contributed by atoms with Gasteiger partial charge in [-0.1, -0.05) is 80.6 Å². The van der Waals surface area contributed by atoms with Crippen LogP contribution < -0.4 is 0 Å². The zero-order valence-corrected chi connectivity index (χ0v) is 19.7. The van der Waals surface area contributed by atoms with E-state index in [2.05, 4.69) is 25.3 Å². The molecule has 2 aromatic carbocycles. The van der Waals surface area contributed by atoms with Gasteiger partial charge in [-0.25, -0.2) is 0 Å². The van der Waals surface area contributed by atoms with Gasteiger partial charge in [-0.3, -0.25) is 4.79 Å². The van der Waals surface area contributed by atoms with Gasteiger partial charge in [0, 0.05) is 26.4 Å². The Kier molecular flexibility index (Phi) is 14.5. The number of esters is 1. The van der Waals surface area contributed by atoms with Gasteiger partial charge in [-0.05, 0) is 30.0 Å². The van der Waals surface area contributed by atoms with Gasteiger partial charge in [0.1, 0.15) is 6.10 Å². The smallest absolute Gasteiger partial charge is 0.306 e. The molecular weight excluding hydrogens is 400 g/mol. The summed E-state index contributed by atoms with van der Waals surface area (Å²) in [5.74, 6) is -0.175. The molecule has 0 bridgehead atoms. The number of methoxy groups -OCH3 is 1. The number of carbonyl (C=O) groups is 1. The van der Waals surface area contributed by atoms with Crippen LogP contribution >= 0.6 is 0 Å². The fourth-order valence-corrected chi connectivity index (χ4v) is 3.31. The van der Waals surface area contributed by atoms with E-state index in [9.17, 15) is 4.79 Å². The first kappa shape index (κ1) is 27.3. The van der Waals surface area contributed by atoms with E-state index in [0.717, 1.165) is 18.4 Å². The average Bonchev–Trinajstić information content (AvgIpc) is 3.30. The van der Waals surface area contributed by atoms with E-state index in [-0.39, 0.29) is 24.5 Å². The highest BCUT2D eigenvalue weighted by Crippen LogP contribution is 2.21. The lowest BCUT2D eigenvalue weighted by Gasteiger charge is -2.21. The van der Waals surface area contributed by atoms with Crippen LogP contribution in [0.4, 0.5) is 0 Å². The first-order valence-corrected chi connectivity index (χ1v) is 11.4. The Morgan fingerprint density at radius 1 is 0.906 bits per heavy atom. The Morgan fingerprint density at radius 3 is 2.00 bits per heavy atom. The maximum Gasteiger partial charge on any atom is 0.306 e. The summed E-state index contributed by atoms with van der Waals surface area (Å²) < 4.78 is 17.1. The molecule has 0 aromatic heterocycles. The predicted molar refractivity (Wildman–Crippen MR) is 131 cm³/mol. The summed E-state index contributed by atoms with van der Waals surface area (Å²) in [6.07, 6.45) is 6.69. The normalized spacial score (nSPS) is 17.3. The van der Waals surface area contributed by atoms with Crippen molar-refractivity contribution in [1.82, 2.24) is 0 Å². The summed E-state index contributed by atoms with van der Waals surface area (Å²) in [5.41, 5.74) is 2.41. The molecule has 1 aliphatic rings. The summed E-state index contributed by atoms with van der Waals surface area (Å²) >= 11 is 0. The molecule has 0 fully saturated rings. The second-order valence-electron chi connectivity index (χ2n) is 7.00. The number of carbonyl (C=O) groups excluding carboxylic acids is 1. The number of hydrogen-bond acceptors (Lipinski definition) is 4. The Labute approximate surface area is 193 Å². The highest BCUT2D eigenvalue weighted by Gasteiger charge is 2.25. The molecule has 0 saturated carbocycles. The maximum atomic E-state index is 12.1. The van der Waals surface area contributed by atoms with Crippen LogP contribution in [0.15, 0.2) is 86.0 Å². The summed E-state index contributed by atoms with van der Waals surface area (Å²) in [6, 6.07) is 20.3. The molecule has 32 heavy (non-hydrogen) atoms. The van der Waals surface area contributed by atoms with Gasteiger partial charge in [0.25, 0.3) is 0 Å². The molecule has 0 radical (unpaired) electrons. The van der Waals surface area contributed by atoms with Crippen LogP contribution in [0.1, 0.15) is 44.2 Å². The summed E-state index contributed by atoms with van der Waals surface area (Å²) in [7, 11) is 1.66. The van der Waals surface area contributed by atoms with Crippen molar-refractivity contribution in [1.29, 1.82) is 0 Å². The molecule has 2 aromatic rings. The lowest BCUT2D eigenvalue weighted by molar-refractivity contribution is -0.156. The van der Waals surface area contributed by atoms with Crippen molar-refractivity contribution in [3.8, 4) is 0 Å². The molecule has 3 rings (SSSR count). The van der Waals surface area contributed by atoms with E-state index in [1.165, 1.54) is 5.56 Å². The third-order valence-electron chi connectivity index (χ3n) is 4.85. The number of aryl methyl sites for hydroxylation is 2. The molecule has 0 spiro atoms. The van der Waals surface area contributed by atoms with Gasteiger partial charge >= 0.3 is 5.97 Å². The van der Waals surface area contributed by atoms with Crippen LogP contribution in [0.3, 0.4) is 0 Å². The Bertz CT molecular complexity index is 758. The minimum Gasteiger partial charge on any atom is -0.458 e. The fourth-order valence-electron chi connectivity index (χ4n) is 3.31. The topological polar surface area (TPSA) is 44.8 Å². The van der Waals surface area contributed by atoms with E-state index < -0.39 is 0 Å². The van der Waals surface area contributed by atoms with E-state index in [1.54, 1.807) is 7.11 Å². The number of hydrogen-bond donors (Lipinski definition) is 0. The summed E-state index contributed by atoms with van der Waals surface area (Å²) in [4.78, 5) is 12.1. The van der Waals surface area contributed by atoms with Gasteiger partial charge in [-0.15, -0.1) is 13.2 Å². The van der Waals surface area contributed by atoms with Crippen LogP contribution in [-0.4, -0.2) is 31.6 Å². The zero-order valence-electron chi connectivity index (χ0n) is 19.7. The molecule has 174 valence electrons. The van der Waals surface area contributed by atoms with Crippen LogP contribution in [0.25, 0.3) is 0 Å². The molecule has 3 unspecified atom stereocenters. The molecule has 3 atom stereocenters. The SMILES string of the molecule is C=C.CC.COC(CCc1ccccc1)OC1C=CC(OC(=O)CCc2ccccc2)C1. The first-order chi connectivity index (χ1) is 15.7. The molecule has 0 amide bonds. The zero-order chi connectivity index (χ0) is 23.6. The Hall–Kier alpha value is -2.69. The van der Waals surface area contributed by atoms with E-state index >= 15 is 0 Å². The molecule has 1 aliphatic carbocycles. The van der Waals surface area contributed by atoms with E-state index in [1.807, 2.05) is 74.5 Å². The number of ether oxygens (including phenoxy) is 3. The van der Waals surface area contributed by atoms with E-state index in [4.69, 9.17) is 14.2 Å². The second kappa shape index (κ2) is 16.9. The second-order valence-corrected chi connectivity index (χ2v) is 7.00. The molecule has 4 nitrogen and oxygen atoms in total. The largest absolute Gasteiger partial charge is 0.458 e. The van der Waals surface area contributed by atoms with Crippen LogP contribution in [0.2, 0.25) is 0 Å². The van der Waals surface area contributed by atoms with Crippen LogP contribution in [-0.2, 0) is 31.8 Å². The quantitative estimate of drug-likeness (QED) is 0.248. The Morgan fingerprint density at radius 2 is 1.44 bits per heavy atom. The van der Waals surface area contributed by atoms with Crippen molar-refractivity contribution >= 4 is 5.97 Å². The fraction of sp³-hybridized carbons (Fsp3) is 0.393. The van der Waals surface area contributed by atoms with Crippen LogP contribution in [0, 0.1) is 0 Å². The predicted octanol–water partition coefficient (Wildman–Crippen LogP) is 6.31. The first-order valence-electron chi connectivity index (χ1n) is 11.4. The Balaban J connectivity index is 0.00000121. The minimum absolute atomic E-state index is 0.0901. The standard InChI is InChI=1S/C24H28O4.C2H6.C2H4/c1-26-24(17-13-20-10-6-3-7-11-20)28-22-15-14-21(18-22)27-23(25)16-12-19-8-4-2-5-9-19;2*1-2/h2-11,14-15,21-22,24H,12-13,16-18H2,1H3;1-2H3;1-2H2. The highest BCUT2D eigenvalue weighted by atomic mass is 16.7. The van der Waals surface area contributed by atoms with Crippen molar-refractivity contribution in [2.45, 2.75) is 64.4 Å². The summed E-state index contributed by atoms with van der Waals surface area (Å²) in [6.45, 7) is 10.0. The summed E-state index contributed by atoms with van der Waals surface area (Å²) in [5, 5.41) is 0. The van der Waals surface area contributed by atoms with Gasteiger partial charge in [0.05, 0.1) is 6.10 Å². The third-order valence-corrected chi connectivity index (χ3v) is 4.85. The highest BCUT2D eigenvalue weighted by molar-refractivity contribution is 5.70. The minimum atomic E-state index is -0.276.